The van der Waals surface area contributed by atoms with Gasteiger partial charge in [0, 0.05) is 35.8 Å². The van der Waals surface area contributed by atoms with Crippen molar-refractivity contribution in [2.45, 2.75) is 31.8 Å². The van der Waals surface area contributed by atoms with Gasteiger partial charge >= 0.3 is 0 Å². The van der Waals surface area contributed by atoms with Crippen molar-refractivity contribution in [3.63, 3.8) is 0 Å². The molecular weight excluding hydrogens is 427 g/mol. The van der Waals surface area contributed by atoms with E-state index in [0.29, 0.717) is 46.6 Å². The normalized spacial score (nSPS) is 15.6. The van der Waals surface area contributed by atoms with Crippen LogP contribution in [-0.4, -0.2) is 37.7 Å². The predicted octanol–water partition coefficient (Wildman–Crippen LogP) is 4.70. The fourth-order valence-corrected chi connectivity index (χ4v) is 3.55. The third-order valence-electron chi connectivity index (χ3n) is 4.62. The number of amides is 2. The van der Waals surface area contributed by atoms with Crippen LogP contribution in [0, 0.1) is 0 Å². The van der Waals surface area contributed by atoms with Crippen LogP contribution in [0.4, 0.5) is 5.69 Å². The molecular formula is C22H24Cl2N2O4. The number of halogens is 2. The van der Waals surface area contributed by atoms with Crippen molar-refractivity contribution in [2.75, 3.05) is 25.1 Å². The Bertz CT molecular complexity index is 885. The third kappa shape index (κ3) is 6.90. The highest BCUT2D eigenvalue weighted by molar-refractivity contribution is 6.35. The molecule has 0 bridgehead atoms. The molecule has 2 aromatic rings. The number of hydrogen-bond acceptors (Lipinski definition) is 4. The second-order valence-corrected chi connectivity index (χ2v) is 7.84. The molecule has 2 amide bonds. The number of carbonyl (C=O) groups excluding carboxylic acids is 2. The van der Waals surface area contributed by atoms with Crippen LogP contribution in [0.3, 0.4) is 0 Å². The number of rotatable bonds is 9. The first-order valence-electron chi connectivity index (χ1n) is 9.89. The minimum atomic E-state index is -0.185. The van der Waals surface area contributed by atoms with Gasteiger partial charge in [-0.05, 0) is 55.7 Å². The Balaban J connectivity index is 1.41. The van der Waals surface area contributed by atoms with Crippen molar-refractivity contribution < 1.29 is 19.1 Å². The second kappa shape index (κ2) is 11.2. The van der Waals surface area contributed by atoms with E-state index in [9.17, 15) is 9.59 Å². The molecule has 8 heteroatoms. The zero-order valence-corrected chi connectivity index (χ0v) is 18.0. The minimum Gasteiger partial charge on any atom is -0.492 e. The zero-order chi connectivity index (χ0) is 21.3. The van der Waals surface area contributed by atoms with Crippen LogP contribution in [0.5, 0.6) is 5.75 Å². The maximum atomic E-state index is 12.3. The first-order valence-corrected chi connectivity index (χ1v) is 10.6. The average molecular weight is 451 g/mol. The summed E-state index contributed by atoms with van der Waals surface area (Å²) in [5.41, 5.74) is 1.07. The molecule has 0 aliphatic carbocycles. The van der Waals surface area contributed by atoms with E-state index in [4.69, 9.17) is 32.7 Å². The molecule has 30 heavy (non-hydrogen) atoms. The van der Waals surface area contributed by atoms with Gasteiger partial charge < -0.3 is 20.1 Å². The van der Waals surface area contributed by atoms with Crippen LogP contribution in [0.15, 0.2) is 42.5 Å². The summed E-state index contributed by atoms with van der Waals surface area (Å²) in [6, 6.07) is 11.9. The van der Waals surface area contributed by atoms with Crippen molar-refractivity contribution in [1.82, 2.24) is 5.32 Å². The van der Waals surface area contributed by atoms with Crippen molar-refractivity contribution in [3.8, 4) is 5.75 Å². The SMILES string of the molecule is O=C(CCCOc1ccc(Cl)cc1Cl)Nc1cccc(C(=O)NCC2CCCO2)c1. The van der Waals surface area contributed by atoms with E-state index in [0.717, 1.165) is 19.4 Å². The molecule has 1 heterocycles. The van der Waals surface area contributed by atoms with Crippen molar-refractivity contribution in [3.05, 3.63) is 58.1 Å². The van der Waals surface area contributed by atoms with E-state index in [2.05, 4.69) is 10.6 Å². The molecule has 1 fully saturated rings. The summed E-state index contributed by atoms with van der Waals surface area (Å²) in [5.74, 6) is 0.191. The molecule has 0 spiro atoms. The summed E-state index contributed by atoms with van der Waals surface area (Å²) in [6.45, 7) is 1.59. The van der Waals surface area contributed by atoms with Gasteiger partial charge in [0.15, 0.2) is 0 Å². The number of hydrogen-bond donors (Lipinski definition) is 2. The number of ether oxygens (including phenoxy) is 2. The molecule has 1 unspecified atom stereocenters. The monoisotopic (exact) mass is 450 g/mol. The van der Waals surface area contributed by atoms with Crippen LogP contribution in [-0.2, 0) is 9.53 Å². The Labute approximate surface area is 185 Å². The van der Waals surface area contributed by atoms with E-state index in [-0.39, 0.29) is 24.3 Å². The van der Waals surface area contributed by atoms with Crippen molar-refractivity contribution >= 4 is 40.7 Å². The van der Waals surface area contributed by atoms with Gasteiger partial charge in [-0.3, -0.25) is 9.59 Å². The third-order valence-corrected chi connectivity index (χ3v) is 5.15. The average Bonchev–Trinajstić information content (AvgIpc) is 3.24. The van der Waals surface area contributed by atoms with Crippen LogP contribution in [0.2, 0.25) is 10.0 Å². The lowest BCUT2D eigenvalue weighted by atomic mass is 10.1. The number of benzene rings is 2. The number of carbonyl (C=O) groups is 2. The zero-order valence-electron chi connectivity index (χ0n) is 16.5. The van der Waals surface area contributed by atoms with Crippen molar-refractivity contribution in [1.29, 1.82) is 0 Å². The molecule has 3 rings (SSSR count). The van der Waals surface area contributed by atoms with Crippen LogP contribution in [0.25, 0.3) is 0 Å². The fourth-order valence-electron chi connectivity index (χ4n) is 3.08. The van der Waals surface area contributed by atoms with Gasteiger partial charge in [0.2, 0.25) is 5.91 Å². The Morgan fingerprint density at radius 1 is 1.17 bits per heavy atom. The lowest BCUT2D eigenvalue weighted by Gasteiger charge is -2.12. The van der Waals surface area contributed by atoms with Gasteiger partial charge in [0.05, 0.1) is 17.7 Å². The largest absolute Gasteiger partial charge is 0.492 e. The maximum absolute atomic E-state index is 12.3. The molecule has 1 aliphatic heterocycles. The molecule has 0 saturated carbocycles. The Morgan fingerprint density at radius 3 is 2.80 bits per heavy atom. The second-order valence-electron chi connectivity index (χ2n) is 7.00. The lowest BCUT2D eigenvalue weighted by molar-refractivity contribution is -0.116. The molecule has 160 valence electrons. The lowest BCUT2D eigenvalue weighted by Crippen LogP contribution is -2.31. The summed E-state index contributed by atoms with van der Waals surface area (Å²) < 4.78 is 11.1. The summed E-state index contributed by atoms with van der Waals surface area (Å²) in [5, 5.41) is 6.65. The standard InChI is InChI=1S/C22H24Cl2N2O4/c23-16-8-9-20(19(24)13-16)30-11-3-7-21(27)26-17-5-1-4-15(12-17)22(28)25-14-18-6-2-10-29-18/h1,4-5,8-9,12-13,18H,2-3,6-7,10-11,14H2,(H,25,28)(H,26,27). The van der Waals surface area contributed by atoms with Gasteiger partial charge in [-0.25, -0.2) is 0 Å². The smallest absolute Gasteiger partial charge is 0.251 e. The molecule has 0 radical (unpaired) electrons. The fraction of sp³-hybridized carbons (Fsp3) is 0.364. The molecule has 1 saturated heterocycles. The van der Waals surface area contributed by atoms with E-state index >= 15 is 0 Å². The summed E-state index contributed by atoms with van der Waals surface area (Å²) in [6.07, 6.45) is 2.87. The summed E-state index contributed by atoms with van der Waals surface area (Å²) in [4.78, 5) is 24.5. The van der Waals surface area contributed by atoms with E-state index in [1.54, 1.807) is 42.5 Å². The number of anilines is 1. The highest BCUT2D eigenvalue weighted by Gasteiger charge is 2.17. The van der Waals surface area contributed by atoms with Crippen molar-refractivity contribution in [2.24, 2.45) is 0 Å². The Hall–Kier alpha value is -2.28. The highest BCUT2D eigenvalue weighted by Crippen LogP contribution is 2.27. The molecule has 2 aromatic carbocycles. The van der Waals surface area contributed by atoms with E-state index in [1.165, 1.54) is 0 Å². The molecule has 6 nitrogen and oxygen atoms in total. The van der Waals surface area contributed by atoms with Gasteiger partial charge in [-0.1, -0.05) is 29.3 Å². The highest BCUT2D eigenvalue weighted by atomic mass is 35.5. The first kappa shape index (κ1) is 22.4. The number of nitrogens with one attached hydrogen (secondary N) is 2. The van der Waals surface area contributed by atoms with Crippen LogP contribution >= 0.6 is 23.2 Å². The summed E-state index contributed by atoms with van der Waals surface area (Å²) in [7, 11) is 0. The topological polar surface area (TPSA) is 76.7 Å². The quantitative estimate of drug-likeness (QED) is 0.542. The molecule has 0 aromatic heterocycles. The van der Waals surface area contributed by atoms with Gasteiger partial charge in [0.25, 0.3) is 5.91 Å². The molecule has 2 N–H and O–H groups in total. The predicted molar refractivity (Wildman–Crippen MR) is 118 cm³/mol. The first-order chi connectivity index (χ1) is 14.5. The maximum Gasteiger partial charge on any atom is 0.251 e. The van der Waals surface area contributed by atoms with E-state index < -0.39 is 0 Å². The molecule has 1 atom stereocenters. The van der Waals surface area contributed by atoms with Gasteiger partial charge in [-0.2, -0.15) is 0 Å². The van der Waals surface area contributed by atoms with E-state index in [1.807, 2.05) is 0 Å². The van der Waals surface area contributed by atoms with Crippen LogP contribution in [0.1, 0.15) is 36.0 Å². The molecule has 1 aliphatic rings. The van der Waals surface area contributed by atoms with Crippen LogP contribution < -0.4 is 15.4 Å². The summed E-state index contributed by atoms with van der Waals surface area (Å²) >= 11 is 11.9. The Morgan fingerprint density at radius 2 is 2.03 bits per heavy atom. The van der Waals surface area contributed by atoms with Gasteiger partial charge in [0.1, 0.15) is 5.75 Å². The minimum absolute atomic E-state index is 0.0850. The Kier molecular flexibility index (Phi) is 8.37. The van der Waals surface area contributed by atoms with Gasteiger partial charge in [-0.15, -0.1) is 0 Å².